The van der Waals surface area contributed by atoms with Crippen molar-refractivity contribution in [1.82, 2.24) is 0 Å². The molecule has 0 amide bonds. The van der Waals surface area contributed by atoms with E-state index in [0.29, 0.717) is 5.41 Å². The molecule has 4 atom stereocenters. The predicted molar refractivity (Wildman–Crippen MR) is 68.8 cm³/mol. The first-order valence-corrected chi connectivity index (χ1v) is 6.76. The Morgan fingerprint density at radius 2 is 1.53 bits per heavy atom. The zero-order valence-electron chi connectivity index (χ0n) is 11.8. The van der Waals surface area contributed by atoms with Gasteiger partial charge in [0.05, 0.1) is 0 Å². The van der Waals surface area contributed by atoms with Gasteiger partial charge >= 0.3 is 0 Å². The highest BCUT2D eigenvalue weighted by molar-refractivity contribution is 4.92. The summed E-state index contributed by atoms with van der Waals surface area (Å²) in [7, 11) is 0. The second kappa shape index (κ2) is 4.47. The molecule has 0 aromatic rings. The lowest BCUT2D eigenvalue weighted by Gasteiger charge is -2.50. The highest BCUT2D eigenvalue weighted by Crippen LogP contribution is 2.51. The summed E-state index contributed by atoms with van der Waals surface area (Å²) in [4.78, 5) is 0. The highest BCUT2D eigenvalue weighted by Gasteiger charge is 2.42. The van der Waals surface area contributed by atoms with Crippen molar-refractivity contribution in [3.8, 4) is 0 Å². The summed E-state index contributed by atoms with van der Waals surface area (Å²) >= 11 is 0. The molecule has 0 N–H and O–H groups in total. The van der Waals surface area contributed by atoms with E-state index in [1.165, 1.54) is 12.8 Å². The van der Waals surface area contributed by atoms with Gasteiger partial charge in [-0.25, -0.2) is 0 Å². The van der Waals surface area contributed by atoms with Gasteiger partial charge in [-0.15, -0.1) is 0 Å². The Morgan fingerprint density at radius 3 is 2.00 bits per heavy atom. The normalized spacial score (nSPS) is 38.0. The van der Waals surface area contributed by atoms with E-state index in [1.807, 2.05) is 0 Å². The average Bonchev–Trinajstić information content (AvgIpc) is 2.10. The van der Waals surface area contributed by atoms with E-state index < -0.39 is 0 Å². The number of hydrogen-bond acceptors (Lipinski definition) is 0. The second-order valence-electron chi connectivity index (χ2n) is 7.01. The second-order valence-corrected chi connectivity index (χ2v) is 7.01. The monoisotopic (exact) mass is 210 g/mol. The fourth-order valence-electron chi connectivity index (χ4n) is 3.46. The maximum absolute atomic E-state index is 2.49. The summed E-state index contributed by atoms with van der Waals surface area (Å²) in [6.45, 7) is 17.1. The van der Waals surface area contributed by atoms with Gasteiger partial charge in [-0.05, 0) is 47.8 Å². The fourth-order valence-corrected chi connectivity index (χ4v) is 3.46. The molecule has 0 aliphatic heterocycles. The van der Waals surface area contributed by atoms with Crippen LogP contribution in [0.25, 0.3) is 0 Å². The van der Waals surface area contributed by atoms with E-state index >= 15 is 0 Å². The molecule has 0 aromatic carbocycles. The SMILES string of the molecule is CC1CC(C)C(C)(C)C(C(C)C(C)C)C1. The molecule has 90 valence electrons. The third-order valence-corrected chi connectivity index (χ3v) is 5.32. The average molecular weight is 210 g/mol. The molecule has 0 aromatic heterocycles. The molecule has 1 rings (SSSR count). The van der Waals surface area contributed by atoms with Crippen molar-refractivity contribution < 1.29 is 0 Å². The van der Waals surface area contributed by atoms with Crippen molar-refractivity contribution in [2.45, 2.75) is 61.3 Å². The zero-order chi connectivity index (χ0) is 11.8. The van der Waals surface area contributed by atoms with E-state index in [0.717, 1.165) is 29.6 Å². The molecular weight excluding hydrogens is 180 g/mol. The van der Waals surface area contributed by atoms with Crippen LogP contribution in [0.3, 0.4) is 0 Å². The van der Waals surface area contributed by atoms with Crippen LogP contribution >= 0.6 is 0 Å². The van der Waals surface area contributed by atoms with Gasteiger partial charge in [0.1, 0.15) is 0 Å². The van der Waals surface area contributed by atoms with E-state index in [1.54, 1.807) is 0 Å². The van der Waals surface area contributed by atoms with Gasteiger partial charge < -0.3 is 0 Å². The minimum atomic E-state index is 0.538. The smallest absolute Gasteiger partial charge is 0.0297 e. The lowest BCUT2D eigenvalue weighted by Crippen LogP contribution is -2.42. The predicted octanol–water partition coefficient (Wildman–Crippen LogP) is 4.99. The van der Waals surface area contributed by atoms with Crippen molar-refractivity contribution in [2.75, 3.05) is 0 Å². The third-order valence-electron chi connectivity index (χ3n) is 5.32. The molecule has 15 heavy (non-hydrogen) atoms. The Morgan fingerprint density at radius 1 is 1.00 bits per heavy atom. The molecule has 0 nitrogen and oxygen atoms in total. The molecule has 1 aliphatic carbocycles. The van der Waals surface area contributed by atoms with Crippen LogP contribution < -0.4 is 0 Å². The van der Waals surface area contributed by atoms with Gasteiger partial charge in [0, 0.05) is 0 Å². The topological polar surface area (TPSA) is 0 Å². The molecular formula is C15H30. The summed E-state index contributed by atoms with van der Waals surface area (Å²) < 4.78 is 0. The van der Waals surface area contributed by atoms with Crippen molar-refractivity contribution in [3.63, 3.8) is 0 Å². The van der Waals surface area contributed by atoms with Crippen LogP contribution in [0.1, 0.15) is 61.3 Å². The first-order valence-electron chi connectivity index (χ1n) is 6.76. The Kier molecular flexibility index (Phi) is 3.90. The first-order chi connectivity index (χ1) is 6.76. The van der Waals surface area contributed by atoms with Gasteiger partial charge in [-0.3, -0.25) is 0 Å². The standard InChI is InChI=1S/C15H30/c1-10(2)13(5)14-9-11(3)8-12(4)15(14,6)7/h10-14H,8-9H2,1-7H3. The summed E-state index contributed by atoms with van der Waals surface area (Å²) in [5.41, 5.74) is 0.538. The van der Waals surface area contributed by atoms with Crippen molar-refractivity contribution in [1.29, 1.82) is 0 Å². The highest BCUT2D eigenvalue weighted by atomic mass is 14.5. The Bertz CT molecular complexity index is 202. The molecule has 0 radical (unpaired) electrons. The van der Waals surface area contributed by atoms with Gasteiger partial charge in [-0.2, -0.15) is 0 Å². The summed E-state index contributed by atoms with van der Waals surface area (Å²) in [6, 6.07) is 0. The lowest BCUT2D eigenvalue weighted by atomic mass is 9.56. The van der Waals surface area contributed by atoms with E-state index in [4.69, 9.17) is 0 Å². The Balaban J connectivity index is 2.84. The van der Waals surface area contributed by atoms with Gasteiger partial charge in [0.2, 0.25) is 0 Å². The van der Waals surface area contributed by atoms with Crippen LogP contribution in [0.4, 0.5) is 0 Å². The summed E-state index contributed by atoms with van der Waals surface area (Å²) in [5.74, 6) is 4.42. The van der Waals surface area contributed by atoms with E-state index in [9.17, 15) is 0 Å². The largest absolute Gasteiger partial charge is 0.0625 e. The first kappa shape index (κ1) is 13.1. The van der Waals surface area contributed by atoms with Crippen LogP contribution in [0.15, 0.2) is 0 Å². The van der Waals surface area contributed by atoms with Gasteiger partial charge in [0.15, 0.2) is 0 Å². The third kappa shape index (κ3) is 2.57. The van der Waals surface area contributed by atoms with Crippen LogP contribution in [-0.2, 0) is 0 Å². The van der Waals surface area contributed by atoms with Crippen LogP contribution in [0.5, 0.6) is 0 Å². The molecule has 0 heteroatoms. The maximum Gasteiger partial charge on any atom is -0.0297 e. The quantitative estimate of drug-likeness (QED) is 0.602. The lowest BCUT2D eigenvalue weighted by molar-refractivity contribution is -0.00358. The van der Waals surface area contributed by atoms with Gasteiger partial charge in [0.25, 0.3) is 0 Å². The van der Waals surface area contributed by atoms with E-state index in [2.05, 4.69) is 48.5 Å². The summed E-state index contributed by atoms with van der Waals surface area (Å²) in [6.07, 6.45) is 2.87. The Labute approximate surface area is 96.8 Å². The van der Waals surface area contributed by atoms with Crippen molar-refractivity contribution in [2.24, 2.45) is 35.0 Å². The molecule has 1 saturated carbocycles. The molecule has 1 fully saturated rings. The summed E-state index contributed by atoms with van der Waals surface area (Å²) in [5, 5.41) is 0. The van der Waals surface area contributed by atoms with Crippen molar-refractivity contribution in [3.05, 3.63) is 0 Å². The number of hydrogen-bond donors (Lipinski definition) is 0. The van der Waals surface area contributed by atoms with Crippen LogP contribution in [0, 0.1) is 35.0 Å². The Hall–Kier alpha value is 0. The molecule has 4 unspecified atom stereocenters. The zero-order valence-corrected chi connectivity index (χ0v) is 11.8. The fraction of sp³-hybridized carbons (Fsp3) is 1.00. The molecule has 1 aliphatic rings. The van der Waals surface area contributed by atoms with E-state index in [-0.39, 0.29) is 0 Å². The van der Waals surface area contributed by atoms with Gasteiger partial charge in [-0.1, -0.05) is 48.5 Å². The van der Waals surface area contributed by atoms with Crippen molar-refractivity contribution >= 4 is 0 Å². The molecule has 0 bridgehead atoms. The molecule has 0 heterocycles. The molecule has 0 spiro atoms. The van der Waals surface area contributed by atoms with Crippen LogP contribution in [-0.4, -0.2) is 0 Å². The van der Waals surface area contributed by atoms with Crippen LogP contribution in [0.2, 0.25) is 0 Å². The maximum atomic E-state index is 2.49. The minimum Gasteiger partial charge on any atom is -0.0625 e. The molecule has 0 saturated heterocycles. The number of rotatable bonds is 2. The minimum absolute atomic E-state index is 0.538.